The lowest BCUT2D eigenvalue weighted by molar-refractivity contribution is 0.0696. The highest BCUT2D eigenvalue weighted by Gasteiger charge is 2.18. The fourth-order valence-electron chi connectivity index (χ4n) is 2.55. The predicted octanol–water partition coefficient (Wildman–Crippen LogP) is 3.39. The molecule has 1 aromatic carbocycles. The van der Waals surface area contributed by atoms with Crippen molar-refractivity contribution < 1.29 is 14.3 Å². The summed E-state index contributed by atoms with van der Waals surface area (Å²) in [6, 6.07) is 8.01. The van der Waals surface area contributed by atoms with Gasteiger partial charge in [-0.2, -0.15) is 0 Å². The van der Waals surface area contributed by atoms with Crippen molar-refractivity contribution >= 4 is 16.9 Å². The lowest BCUT2D eigenvalue weighted by Gasteiger charge is -2.03. The van der Waals surface area contributed by atoms with Crippen LogP contribution >= 0.6 is 0 Å². The van der Waals surface area contributed by atoms with Gasteiger partial charge in [-0.05, 0) is 31.2 Å². The van der Waals surface area contributed by atoms with Crippen molar-refractivity contribution in [2.45, 2.75) is 6.92 Å². The maximum atomic E-state index is 14.2. The Morgan fingerprint density at radius 2 is 2.05 bits per heavy atom. The standard InChI is InChI=1S/C16H13FN2O2/c1-9-14(12-7-6-10(8-18-12)16(20)21)15-11(17)4-3-5-13(15)19(9)2/h3-8H,1-2H3,(H,20,21). The molecule has 0 radical (unpaired) electrons. The molecule has 0 fully saturated rings. The summed E-state index contributed by atoms with van der Waals surface area (Å²) in [5, 5.41) is 9.42. The summed E-state index contributed by atoms with van der Waals surface area (Å²) in [6.45, 7) is 1.89. The number of carboxylic acids is 1. The molecule has 4 nitrogen and oxygen atoms in total. The number of hydrogen-bond donors (Lipinski definition) is 1. The third-order valence-corrected chi connectivity index (χ3v) is 3.73. The highest BCUT2D eigenvalue weighted by molar-refractivity contribution is 5.98. The van der Waals surface area contributed by atoms with Crippen LogP contribution < -0.4 is 0 Å². The maximum Gasteiger partial charge on any atom is 0.337 e. The molecule has 0 atom stereocenters. The molecule has 0 amide bonds. The summed E-state index contributed by atoms with van der Waals surface area (Å²) in [5.74, 6) is -1.34. The van der Waals surface area contributed by atoms with Gasteiger partial charge in [0.05, 0.1) is 16.8 Å². The number of carbonyl (C=O) groups is 1. The minimum atomic E-state index is -1.03. The van der Waals surface area contributed by atoms with E-state index in [1.165, 1.54) is 18.3 Å². The number of nitrogens with zero attached hydrogens (tertiary/aromatic N) is 2. The number of halogens is 1. The molecule has 0 bridgehead atoms. The second kappa shape index (κ2) is 4.70. The van der Waals surface area contributed by atoms with Crippen molar-refractivity contribution in [3.8, 4) is 11.3 Å². The van der Waals surface area contributed by atoms with Crippen LogP contribution in [0.2, 0.25) is 0 Å². The largest absolute Gasteiger partial charge is 0.478 e. The van der Waals surface area contributed by atoms with Crippen LogP contribution in [0.15, 0.2) is 36.5 Å². The van der Waals surface area contributed by atoms with Crippen LogP contribution in [-0.2, 0) is 7.05 Å². The zero-order chi connectivity index (χ0) is 15.1. The Balaban J connectivity index is 2.29. The van der Waals surface area contributed by atoms with Crippen molar-refractivity contribution in [3.63, 3.8) is 0 Å². The van der Waals surface area contributed by atoms with E-state index >= 15 is 0 Å². The van der Waals surface area contributed by atoms with Gasteiger partial charge in [-0.15, -0.1) is 0 Å². The first-order chi connectivity index (χ1) is 10.0. The summed E-state index contributed by atoms with van der Waals surface area (Å²) in [5.41, 5.74) is 3.03. The van der Waals surface area contributed by atoms with E-state index in [0.29, 0.717) is 16.6 Å². The number of aryl methyl sites for hydroxylation is 1. The molecule has 1 N–H and O–H groups in total. The molecule has 0 saturated carbocycles. The van der Waals surface area contributed by atoms with Gasteiger partial charge in [0.1, 0.15) is 5.82 Å². The Hall–Kier alpha value is -2.69. The van der Waals surface area contributed by atoms with E-state index in [4.69, 9.17) is 5.11 Å². The zero-order valence-corrected chi connectivity index (χ0v) is 11.6. The van der Waals surface area contributed by atoms with Crippen LogP contribution in [0.5, 0.6) is 0 Å². The molecule has 2 aromatic heterocycles. The summed E-state index contributed by atoms with van der Waals surface area (Å²) < 4.78 is 16.1. The molecule has 0 aliphatic carbocycles. The number of aromatic nitrogens is 2. The molecule has 0 saturated heterocycles. The van der Waals surface area contributed by atoms with Gasteiger partial charge < -0.3 is 9.67 Å². The normalized spacial score (nSPS) is 11.0. The number of fused-ring (bicyclic) bond motifs is 1. The fraction of sp³-hybridized carbons (Fsp3) is 0.125. The van der Waals surface area contributed by atoms with Gasteiger partial charge in [0.25, 0.3) is 0 Å². The lowest BCUT2D eigenvalue weighted by Crippen LogP contribution is -1.97. The molecule has 106 valence electrons. The third kappa shape index (κ3) is 1.98. The molecular formula is C16H13FN2O2. The van der Waals surface area contributed by atoms with E-state index < -0.39 is 5.97 Å². The minimum absolute atomic E-state index is 0.108. The summed E-state index contributed by atoms with van der Waals surface area (Å²) in [4.78, 5) is 15.1. The topological polar surface area (TPSA) is 55.1 Å². The number of hydrogen-bond acceptors (Lipinski definition) is 2. The van der Waals surface area contributed by atoms with Gasteiger partial charge in [-0.3, -0.25) is 4.98 Å². The Morgan fingerprint density at radius 1 is 1.29 bits per heavy atom. The summed E-state index contributed by atoms with van der Waals surface area (Å²) in [6.07, 6.45) is 1.29. The van der Waals surface area contributed by atoms with Crippen LogP contribution in [0.4, 0.5) is 4.39 Å². The van der Waals surface area contributed by atoms with Crippen LogP contribution in [0.25, 0.3) is 22.2 Å². The second-order valence-corrected chi connectivity index (χ2v) is 4.89. The summed E-state index contributed by atoms with van der Waals surface area (Å²) in [7, 11) is 1.87. The third-order valence-electron chi connectivity index (χ3n) is 3.73. The molecule has 0 aliphatic heterocycles. The summed E-state index contributed by atoms with van der Waals surface area (Å²) >= 11 is 0. The molecule has 0 spiro atoms. The van der Waals surface area contributed by atoms with Gasteiger partial charge in [-0.25, -0.2) is 9.18 Å². The SMILES string of the molecule is Cc1c(-c2ccc(C(=O)O)cn2)c2c(F)cccc2n1C. The molecule has 3 rings (SSSR count). The van der Waals surface area contributed by atoms with Gasteiger partial charge in [0.15, 0.2) is 0 Å². The van der Waals surface area contributed by atoms with Crippen molar-refractivity contribution in [2.24, 2.45) is 7.05 Å². The number of pyridine rings is 1. The smallest absolute Gasteiger partial charge is 0.337 e. The van der Waals surface area contributed by atoms with Gasteiger partial charge in [0, 0.05) is 29.9 Å². The molecule has 0 aliphatic rings. The van der Waals surface area contributed by atoms with Crippen LogP contribution in [0.1, 0.15) is 16.1 Å². The van der Waals surface area contributed by atoms with Crippen LogP contribution in [-0.4, -0.2) is 20.6 Å². The molecule has 3 aromatic rings. The van der Waals surface area contributed by atoms with Gasteiger partial charge in [0.2, 0.25) is 0 Å². The van der Waals surface area contributed by atoms with Crippen molar-refractivity contribution in [3.05, 3.63) is 53.6 Å². The first-order valence-corrected chi connectivity index (χ1v) is 6.44. The lowest BCUT2D eigenvalue weighted by atomic mass is 10.1. The average Bonchev–Trinajstić information content (AvgIpc) is 2.73. The predicted molar refractivity (Wildman–Crippen MR) is 77.8 cm³/mol. The first kappa shape index (κ1) is 13.3. The molecule has 0 unspecified atom stereocenters. The van der Waals surface area contributed by atoms with Gasteiger partial charge in [-0.1, -0.05) is 6.07 Å². The molecule has 21 heavy (non-hydrogen) atoms. The Morgan fingerprint density at radius 3 is 2.67 bits per heavy atom. The quantitative estimate of drug-likeness (QED) is 0.784. The van der Waals surface area contributed by atoms with E-state index in [9.17, 15) is 9.18 Å². The molecule has 5 heteroatoms. The van der Waals surface area contributed by atoms with E-state index in [1.54, 1.807) is 12.1 Å². The maximum absolute atomic E-state index is 14.2. The van der Waals surface area contributed by atoms with E-state index in [2.05, 4.69) is 4.98 Å². The van der Waals surface area contributed by atoms with Crippen molar-refractivity contribution in [1.82, 2.24) is 9.55 Å². The average molecular weight is 284 g/mol. The molecular weight excluding hydrogens is 271 g/mol. The number of rotatable bonds is 2. The van der Waals surface area contributed by atoms with Crippen LogP contribution in [0, 0.1) is 12.7 Å². The monoisotopic (exact) mass is 284 g/mol. The fourth-order valence-corrected chi connectivity index (χ4v) is 2.55. The zero-order valence-electron chi connectivity index (χ0n) is 11.6. The highest BCUT2D eigenvalue weighted by atomic mass is 19.1. The minimum Gasteiger partial charge on any atom is -0.478 e. The van der Waals surface area contributed by atoms with Crippen molar-refractivity contribution in [2.75, 3.05) is 0 Å². The second-order valence-electron chi connectivity index (χ2n) is 4.89. The number of aromatic carboxylic acids is 1. The van der Waals surface area contributed by atoms with Gasteiger partial charge >= 0.3 is 5.97 Å². The van der Waals surface area contributed by atoms with Crippen molar-refractivity contribution in [1.29, 1.82) is 0 Å². The van der Waals surface area contributed by atoms with E-state index in [1.807, 2.05) is 24.6 Å². The highest BCUT2D eigenvalue weighted by Crippen LogP contribution is 2.34. The van der Waals surface area contributed by atoms with E-state index in [0.717, 1.165) is 11.2 Å². The molecule has 2 heterocycles. The Bertz CT molecular complexity index is 851. The Kier molecular flexibility index (Phi) is 2.97. The van der Waals surface area contributed by atoms with E-state index in [-0.39, 0.29) is 11.4 Å². The van der Waals surface area contributed by atoms with Crippen LogP contribution in [0.3, 0.4) is 0 Å². The first-order valence-electron chi connectivity index (χ1n) is 6.44. The number of carboxylic acid groups (broad SMARTS) is 1. The Labute approximate surface area is 120 Å². The number of benzene rings is 1.